The van der Waals surface area contributed by atoms with E-state index in [1.807, 2.05) is 25.1 Å². The molecule has 222 valence electrons. The minimum Gasteiger partial charge on any atom is -0.494 e. The summed E-state index contributed by atoms with van der Waals surface area (Å²) >= 11 is 0. The van der Waals surface area contributed by atoms with Crippen molar-refractivity contribution in [3.8, 4) is 11.5 Å². The first-order valence-electron chi connectivity index (χ1n) is 13.9. The average Bonchev–Trinajstić information content (AvgIpc) is 3.21. The Balaban J connectivity index is 0.00000462. The lowest BCUT2D eigenvalue weighted by Crippen LogP contribution is -2.36. The maximum Gasteiger partial charge on any atom is 0.227 e. The van der Waals surface area contributed by atoms with Gasteiger partial charge in [0.25, 0.3) is 0 Å². The Hall–Kier alpha value is -3.40. The number of hydrogen-bond donors (Lipinski definition) is 2. The molecule has 0 atom stereocenters. The van der Waals surface area contributed by atoms with E-state index in [-0.39, 0.29) is 58.8 Å². The molecule has 2 aliphatic rings. The topological polar surface area (TPSA) is 112 Å². The second-order valence-electron chi connectivity index (χ2n) is 11.4. The highest BCUT2D eigenvalue weighted by Crippen LogP contribution is 2.41. The Morgan fingerprint density at radius 3 is 2.46 bits per heavy atom. The van der Waals surface area contributed by atoms with Crippen LogP contribution in [0.1, 0.15) is 79.6 Å². The van der Waals surface area contributed by atoms with E-state index in [9.17, 15) is 14.4 Å². The molecule has 2 amide bonds. The summed E-state index contributed by atoms with van der Waals surface area (Å²) in [5, 5.41) is 11.5. The van der Waals surface area contributed by atoms with Crippen LogP contribution in [0.25, 0.3) is 0 Å². The summed E-state index contributed by atoms with van der Waals surface area (Å²) < 4.78 is 11.6. The summed E-state index contributed by atoms with van der Waals surface area (Å²) in [7, 11) is 3.18. The first-order valence-corrected chi connectivity index (χ1v) is 13.9. The maximum absolute atomic E-state index is 13.8. The van der Waals surface area contributed by atoms with E-state index in [1.165, 1.54) is 0 Å². The van der Waals surface area contributed by atoms with Gasteiger partial charge in [-0.3, -0.25) is 19.8 Å². The first kappa shape index (κ1) is 32.1. The number of Topliss-reactive ketones (excluding diaryl/α,β-unsaturated/α-hetero) is 1. The number of likely N-dealkylation sites (N-methyl/N-ethyl adjacent to an activating group) is 1. The van der Waals surface area contributed by atoms with Gasteiger partial charge in [-0.1, -0.05) is 20.8 Å². The third-order valence-electron chi connectivity index (χ3n) is 7.50. The fourth-order valence-corrected chi connectivity index (χ4v) is 5.37. The molecule has 0 radical (unpaired) electrons. The van der Waals surface area contributed by atoms with Crippen LogP contribution in [0.5, 0.6) is 11.5 Å². The van der Waals surface area contributed by atoms with Crippen molar-refractivity contribution in [3.63, 3.8) is 0 Å². The van der Waals surface area contributed by atoms with E-state index in [1.54, 1.807) is 30.0 Å². The summed E-state index contributed by atoms with van der Waals surface area (Å²) in [5.74, 6) is 1.21. The third-order valence-corrected chi connectivity index (χ3v) is 7.50. The van der Waals surface area contributed by atoms with E-state index >= 15 is 0 Å². The van der Waals surface area contributed by atoms with Crippen molar-refractivity contribution >= 4 is 46.1 Å². The molecule has 0 aliphatic carbocycles. The van der Waals surface area contributed by atoms with Gasteiger partial charge in [-0.15, -0.1) is 17.0 Å². The number of piperidine rings is 1. The highest BCUT2D eigenvalue weighted by molar-refractivity contribution is 8.93. The SMILES string of the molecule is Br.CCOc1cc2c(cc1CC(=O)NC)C(=N)N(CC(=O)c1cc(N3CCCCC3=O)c(OC)c(C(C)(C)C)c1)C2. The molecule has 2 aliphatic heterocycles. The minimum atomic E-state index is -0.331. The van der Waals surface area contributed by atoms with Gasteiger partial charge in [0.15, 0.2) is 5.78 Å². The molecule has 2 N–H and O–H groups in total. The number of fused-ring (bicyclic) bond motifs is 1. The molecular weight excluding hydrogens is 588 g/mol. The molecule has 2 aromatic carbocycles. The second kappa shape index (κ2) is 13.1. The zero-order valence-corrected chi connectivity index (χ0v) is 26.5. The molecular formula is C31H41BrN4O5. The number of benzene rings is 2. The van der Waals surface area contributed by atoms with Gasteiger partial charge < -0.3 is 24.6 Å². The van der Waals surface area contributed by atoms with Crippen molar-refractivity contribution in [2.24, 2.45) is 0 Å². The largest absolute Gasteiger partial charge is 0.494 e. The van der Waals surface area contributed by atoms with Crippen LogP contribution in [0.15, 0.2) is 24.3 Å². The molecule has 10 heteroatoms. The number of rotatable bonds is 9. The average molecular weight is 630 g/mol. The molecule has 4 rings (SSSR count). The van der Waals surface area contributed by atoms with Crippen LogP contribution in [0.4, 0.5) is 5.69 Å². The van der Waals surface area contributed by atoms with Gasteiger partial charge in [0.05, 0.1) is 32.4 Å². The highest BCUT2D eigenvalue weighted by Gasteiger charge is 2.32. The fourth-order valence-electron chi connectivity index (χ4n) is 5.37. The number of methoxy groups -OCH3 is 1. The highest BCUT2D eigenvalue weighted by atomic mass is 79.9. The lowest BCUT2D eigenvalue weighted by molar-refractivity contribution is -0.120. The molecule has 0 aromatic heterocycles. The standard InChI is InChI=1S/C31H40N4O5.BrH/c1-7-40-26-15-21-17-34(30(32)22(21)12-20(26)16-27(37)33-5)18-25(36)19-13-23(31(2,3)4)29(39-6)24(14-19)35-11-9-8-10-28(35)38;/h12-15,32H,7-11,16-18H2,1-6H3,(H,33,37);1H. The molecule has 9 nitrogen and oxygen atoms in total. The number of amidine groups is 1. The number of nitrogens with one attached hydrogen (secondary N) is 2. The van der Waals surface area contributed by atoms with Gasteiger partial charge in [-0.05, 0) is 55.0 Å². The smallest absolute Gasteiger partial charge is 0.227 e. The number of anilines is 1. The summed E-state index contributed by atoms with van der Waals surface area (Å²) in [6.45, 7) is 9.49. The number of carbonyl (C=O) groups excluding carboxylic acids is 3. The molecule has 0 saturated carbocycles. The second-order valence-corrected chi connectivity index (χ2v) is 11.4. The fraction of sp³-hybridized carbons (Fsp3) is 0.484. The van der Waals surface area contributed by atoms with E-state index < -0.39 is 0 Å². The lowest BCUT2D eigenvalue weighted by atomic mass is 9.84. The molecule has 2 heterocycles. The number of carbonyl (C=O) groups is 3. The van der Waals surface area contributed by atoms with Gasteiger partial charge in [0, 0.05) is 48.8 Å². The zero-order valence-electron chi connectivity index (χ0n) is 24.8. The maximum atomic E-state index is 13.8. The molecule has 2 aromatic rings. The predicted octanol–water partition coefficient (Wildman–Crippen LogP) is 4.80. The number of ketones is 1. The summed E-state index contributed by atoms with van der Waals surface area (Å²) in [4.78, 5) is 42.2. The van der Waals surface area contributed by atoms with Crippen molar-refractivity contribution in [1.82, 2.24) is 10.2 Å². The van der Waals surface area contributed by atoms with Crippen LogP contribution in [0, 0.1) is 5.41 Å². The van der Waals surface area contributed by atoms with Crippen molar-refractivity contribution in [1.29, 1.82) is 5.41 Å². The molecule has 1 saturated heterocycles. The number of amides is 2. The van der Waals surface area contributed by atoms with Crippen LogP contribution in [-0.4, -0.2) is 62.2 Å². The van der Waals surface area contributed by atoms with E-state index in [0.29, 0.717) is 60.0 Å². The van der Waals surface area contributed by atoms with Gasteiger partial charge in [-0.25, -0.2) is 0 Å². The summed E-state index contributed by atoms with van der Waals surface area (Å²) in [5.41, 5.74) is 3.92. The van der Waals surface area contributed by atoms with E-state index in [4.69, 9.17) is 14.9 Å². The van der Waals surface area contributed by atoms with Gasteiger partial charge in [0.2, 0.25) is 11.8 Å². The van der Waals surface area contributed by atoms with Gasteiger partial charge >= 0.3 is 0 Å². The first-order chi connectivity index (χ1) is 19.0. The monoisotopic (exact) mass is 628 g/mol. The lowest BCUT2D eigenvalue weighted by Gasteiger charge is -2.32. The van der Waals surface area contributed by atoms with Crippen molar-refractivity contribution < 1.29 is 23.9 Å². The molecule has 41 heavy (non-hydrogen) atoms. The van der Waals surface area contributed by atoms with Crippen LogP contribution in [-0.2, 0) is 28.0 Å². The Bertz CT molecular complexity index is 1350. The number of hydrogen-bond acceptors (Lipinski definition) is 6. The summed E-state index contributed by atoms with van der Waals surface area (Å²) in [6, 6.07) is 7.33. The summed E-state index contributed by atoms with van der Waals surface area (Å²) in [6.07, 6.45) is 2.37. The van der Waals surface area contributed by atoms with Crippen LogP contribution < -0.4 is 19.7 Å². The number of halogens is 1. The normalized spacial score (nSPS) is 14.9. The minimum absolute atomic E-state index is 0. The van der Waals surface area contributed by atoms with Crippen molar-refractivity contribution in [2.75, 3.05) is 38.8 Å². The molecule has 0 unspecified atom stereocenters. The quantitative estimate of drug-likeness (QED) is 0.386. The molecule has 1 fully saturated rings. The Morgan fingerprint density at radius 1 is 1.12 bits per heavy atom. The van der Waals surface area contributed by atoms with Gasteiger partial charge in [-0.2, -0.15) is 0 Å². The zero-order chi connectivity index (χ0) is 29.2. The van der Waals surface area contributed by atoms with E-state index in [0.717, 1.165) is 24.0 Å². The Kier molecular flexibility index (Phi) is 10.2. The molecule has 0 spiro atoms. The van der Waals surface area contributed by atoms with E-state index in [2.05, 4.69) is 26.1 Å². The predicted molar refractivity (Wildman–Crippen MR) is 165 cm³/mol. The molecule has 0 bridgehead atoms. The van der Waals surface area contributed by atoms with Gasteiger partial charge in [0.1, 0.15) is 17.3 Å². The number of nitrogens with zero attached hydrogens (tertiary/aromatic N) is 2. The Labute approximate surface area is 252 Å². The van der Waals surface area contributed by atoms with Crippen LogP contribution in [0.3, 0.4) is 0 Å². The van der Waals surface area contributed by atoms with Crippen LogP contribution in [0.2, 0.25) is 0 Å². The Morgan fingerprint density at radius 2 is 1.85 bits per heavy atom. The van der Waals surface area contributed by atoms with Crippen molar-refractivity contribution in [2.45, 2.75) is 65.3 Å². The van der Waals surface area contributed by atoms with Crippen LogP contribution >= 0.6 is 17.0 Å². The number of ether oxygens (including phenoxy) is 2. The third kappa shape index (κ3) is 6.74. The van der Waals surface area contributed by atoms with Crippen molar-refractivity contribution in [3.05, 3.63) is 52.1 Å².